The molecule has 10 nitrogen and oxygen atoms in total. The first-order valence-corrected chi connectivity index (χ1v) is 10.8. The minimum absolute atomic E-state index is 0.00321. The summed E-state index contributed by atoms with van der Waals surface area (Å²) in [5, 5.41) is 7.24. The van der Waals surface area contributed by atoms with Crippen LogP contribution < -0.4 is 10.2 Å². The summed E-state index contributed by atoms with van der Waals surface area (Å²) in [6.07, 6.45) is 2.96. The molecule has 33 heavy (non-hydrogen) atoms. The number of esters is 1. The molecular formula is C23H27N7O3. The van der Waals surface area contributed by atoms with Crippen LogP contribution in [0.25, 0.3) is 0 Å². The zero-order chi connectivity index (χ0) is 23.4. The minimum Gasteiger partial charge on any atom is -0.462 e. The SMILES string of the molecule is CCOC(=O)c1cnc(Nc2ccc(N3CCN(C)CC3)cc2)nc1C(=O)c1ccn(C)n1. The van der Waals surface area contributed by atoms with Gasteiger partial charge in [0.1, 0.15) is 17.0 Å². The molecule has 1 saturated heterocycles. The van der Waals surface area contributed by atoms with Crippen molar-refractivity contribution in [3.8, 4) is 0 Å². The summed E-state index contributed by atoms with van der Waals surface area (Å²) in [4.78, 5) is 38.6. The summed E-state index contributed by atoms with van der Waals surface area (Å²) in [6.45, 7) is 5.92. The lowest BCUT2D eigenvalue weighted by Gasteiger charge is -2.34. The molecule has 1 aliphatic rings. The number of aryl methyl sites for hydroxylation is 1. The molecule has 0 atom stereocenters. The van der Waals surface area contributed by atoms with Gasteiger partial charge in [0, 0.05) is 57.0 Å². The zero-order valence-electron chi connectivity index (χ0n) is 19.0. The second kappa shape index (κ2) is 9.78. The number of nitrogens with zero attached hydrogens (tertiary/aromatic N) is 6. The summed E-state index contributed by atoms with van der Waals surface area (Å²) < 4.78 is 6.58. The van der Waals surface area contributed by atoms with Crippen LogP contribution in [0.15, 0.2) is 42.7 Å². The minimum atomic E-state index is -0.653. The van der Waals surface area contributed by atoms with E-state index in [0.717, 1.165) is 37.6 Å². The molecule has 1 N–H and O–H groups in total. The molecule has 10 heteroatoms. The first-order valence-electron chi connectivity index (χ1n) is 10.8. The number of carbonyl (C=O) groups is 2. The number of anilines is 3. The quantitative estimate of drug-likeness (QED) is 0.429. The van der Waals surface area contributed by atoms with Gasteiger partial charge in [0.15, 0.2) is 0 Å². The van der Waals surface area contributed by atoms with Gasteiger partial charge >= 0.3 is 5.97 Å². The van der Waals surface area contributed by atoms with Crippen LogP contribution in [-0.4, -0.2) is 76.2 Å². The maximum absolute atomic E-state index is 13.0. The smallest absolute Gasteiger partial charge is 0.342 e. The summed E-state index contributed by atoms with van der Waals surface area (Å²) in [5.41, 5.74) is 2.05. The Morgan fingerprint density at radius 2 is 1.79 bits per heavy atom. The molecule has 2 aromatic heterocycles. The molecular weight excluding hydrogens is 422 g/mol. The first kappa shape index (κ1) is 22.4. The maximum atomic E-state index is 13.0. The van der Waals surface area contributed by atoms with Crippen LogP contribution in [0.5, 0.6) is 0 Å². The van der Waals surface area contributed by atoms with Crippen LogP contribution in [0.1, 0.15) is 33.5 Å². The number of ether oxygens (including phenoxy) is 1. The van der Waals surface area contributed by atoms with Crippen LogP contribution in [0.4, 0.5) is 17.3 Å². The first-order chi connectivity index (χ1) is 15.9. The van der Waals surface area contributed by atoms with Crippen molar-refractivity contribution in [1.29, 1.82) is 0 Å². The van der Waals surface area contributed by atoms with Crippen LogP contribution >= 0.6 is 0 Å². The van der Waals surface area contributed by atoms with Crippen LogP contribution in [-0.2, 0) is 11.8 Å². The third-order valence-electron chi connectivity index (χ3n) is 5.44. The summed E-state index contributed by atoms with van der Waals surface area (Å²) >= 11 is 0. The van der Waals surface area contributed by atoms with Crippen molar-refractivity contribution in [2.45, 2.75) is 6.92 Å². The largest absolute Gasteiger partial charge is 0.462 e. The highest BCUT2D eigenvalue weighted by Crippen LogP contribution is 2.22. The number of rotatable bonds is 7. The highest BCUT2D eigenvalue weighted by atomic mass is 16.5. The highest BCUT2D eigenvalue weighted by Gasteiger charge is 2.24. The fraction of sp³-hybridized carbons (Fsp3) is 0.348. The molecule has 0 saturated carbocycles. The van der Waals surface area contributed by atoms with Crippen LogP contribution in [0.2, 0.25) is 0 Å². The predicted molar refractivity (Wildman–Crippen MR) is 124 cm³/mol. The second-order valence-electron chi connectivity index (χ2n) is 7.84. The van der Waals surface area contributed by atoms with E-state index in [1.807, 2.05) is 24.3 Å². The second-order valence-corrected chi connectivity index (χ2v) is 7.84. The Balaban J connectivity index is 1.56. The van der Waals surface area contributed by atoms with Gasteiger partial charge in [-0.3, -0.25) is 9.48 Å². The molecule has 0 unspecified atom stereocenters. The third-order valence-corrected chi connectivity index (χ3v) is 5.44. The van der Waals surface area contributed by atoms with Crippen molar-refractivity contribution in [3.05, 3.63) is 59.7 Å². The van der Waals surface area contributed by atoms with Crippen molar-refractivity contribution in [2.75, 3.05) is 50.1 Å². The van der Waals surface area contributed by atoms with E-state index in [1.54, 1.807) is 26.2 Å². The van der Waals surface area contributed by atoms with E-state index in [-0.39, 0.29) is 29.5 Å². The van der Waals surface area contributed by atoms with E-state index in [9.17, 15) is 9.59 Å². The lowest BCUT2D eigenvalue weighted by Crippen LogP contribution is -2.44. The van der Waals surface area contributed by atoms with E-state index in [1.165, 1.54) is 10.9 Å². The summed E-state index contributed by atoms with van der Waals surface area (Å²) in [6, 6.07) is 9.54. The molecule has 3 aromatic rings. The van der Waals surface area contributed by atoms with Crippen molar-refractivity contribution in [1.82, 2.24) is 24.6 Å². The number of hydrogen-bond acceptors (Lipinski definition) is 9. The van der Waals surface area contributed by atoms with E-state index in [4.69, 9.17) is 4.74 Å². The molecule has 172 valence electrons. The molecule has 0 bridgehead atoms. The molecule has 0 amide bonds. The molecule has 1 aromatic carbocycles. The van der Waals surface area contributed by atoms with Crippen molar-refractivity contribution in [3.63, 3.8) is 0 Å². The topological polar surface area (TPSA) is 105 Å². The summed E-state index contributed by atoms with van der Waals surface area (Å²) in [5.74, 6) is -0.927. The third kappa shape index (κ3) is 5.17. The Kier molecular flexibility index (Phi) is 6.64. The normalized spacial score (nSPS) is 14.2. The Labute approximate surface area is 192 Å². The standard InChI is InChI=1S/C23H27N7O3/c1-4-33-22(32)18-15-24-23(26-20(18)21(31)19-9-10-29(3)27-19)25-16-5-7-17(8-6-16)30-13-11-28(2)12-14-30/h5-10,15H,4,11-14H2,1-3H3,(H,24,25,26). The van der Waals surface area contributed by atoms with E-state index < -0.39 is 11.8 Å². The lowest BCUT2D eigenvalue weighted by atomic mass is 10.1. The van der Waals surface area contributed by atoms with Crippen molar-refractivity contribution >= 4 is 29.1 Å². The van der Waals surface area contributed by atoms with Gasteiger partial charge in [0.25, 0.3) is 0 Å². The molecule has 0 radical (unpaired) electrons. The molecule has 1 fully saturated rings. The van der Waals surface area contributed by atoms with Crippen LogP contribution in [0, 0.1) is 0 Å². The maximum Gasteiger partial charge on any atom is 0.342 e. The average molecular weight is 450 g/mol. The number of ketones is 1. The zero-order valence-corrected chi connectivity index (χ0v) is 19.0. The van der Waals surface area contributed by atoms with Gasteiger partial charge in [-0.1, -0.05) is 0 Å². The number of likely N-dealkylation sites (N-methyl/N-ethyl adjacent to an activating group) is 1. The van der Waals surface area contributed by atoms with Crippen LogP contribution in [0.3, 0.4) is 0 Å². The van der Waals surface area contributed by atoms with Crippen molar-refractivity contribution < 1.29 is 14.3 Å². The average Bonchev–Trinajstić information content (AvgIpc) is 3.26. The molecule has 0 aliphatic carbocycles. The van der Waals surface area contributed by atoms with Gasteiger partial charge in [-0.15, -0.1) is 0 Å². The Morgan fingerprint density at radius 1 is 1.06 bits per heavy atom. The fourth-order valence-corrected chi connectivity index (χ4v) is 3.58. The number of carbonyl (C=O) groups excluding carboxylic acids is 2. The van der Waals surface area contributed by atoms with Gasteiger partial charge in [-0.05, 0) is 44.3 Å². The number of piperazine rings is 1. The number of nitrogens with one attached hydrogen (secondary N) is 1. The number of benzene rings is 1. The van der Waals surface area contributed by atoms with Gasteiger partial charge in [0.2, 0.25) is 11.7 Å². The highest BCUT2D eigenvalue weighted by molar-refractivity contribution is 6.12. The van der Waals surface area contributed by atoms with Gasteiger partial charge in [0.05, 0.1) is 6.61 Å². The number of hydrogen-bond donors (Lipinski definition) is 1. The van der Waals surface area contributed by atoms with E-state index in [0.29, 0.717) is 0 Å². The molecule has 1 aliphatic heterocycles. The van der Waals surface area contributed by atoms with E-state index >= 15 is 0 Å². The Hall–Kier alpha value is -3.79. The predicted octanol–water partition coefficient (Wildman–Crippen LogP) is 2.11. The van der Waals surface area contributed by atoms with Gasteiger partial charge in [-0.2, -0.15) is 5.10 Å². The monoisotopic (exact) mass is 449 g/mol. The Morgan fingerprint density at radius 3 is 2.42 bits per heavy atom. The lowest BCUT2D eigenvalue weighted by molar-refractivity contribution is 0.0522. The molecule has 4 rings (SSSR count). The van der Waals surface area contributed by atoms with Gasteiger partial charge < -0.3 is 19.9 Å². The molecule has 0 spiro atoms. The Bertz CT molecular complexity index is 1140. The van der Waals surface area contributed by atoms with Crippen molar-refractivity contribution in [2.24, 2.45) is 7.05 Å². The van der Waals surface area contributed by atoms with Gasteiger partial charge in [-0.25, -0.2) is 14.8 Å². The number of aromatic nitrogens is 4. The summed E-state index contributed by atoms with van der Waals surface area (Å²) in [7, 11) is 3.84. The van der Waals surface area contributed by atoms with E-state index in [2.05, 4.69) is 37.2 Å². The fourth-order valence-electron chi connectivity index (χ4n) is 3.58. The molecule has 3 heterocycles.